The molecule has 9 nitrogen and oxygen atoms in total. The Morgan fingerprint density at radius 2 is 2.00 bits per heavy atom. The quantitative estimate of drug-likeness (QED) is 0.287. The molecule has 2 amide bonds. The Balaban J connectivity index is 1.75. The van der Waals surface area contributed by atoms with E-state index in [0.29, 0.717) is 31.5 Å². The van der Waals surface area contributed by atoms with Gasteiger partial charge in [0.15, 0.2) is 5.72 Å². The van der Waals surface area contributed by atoms with Crippen LogP contribution in [0.3, 0.4) is 0 Å². The summed E-state index contributed by atoms with van der Waals surface area (Å²) in [6, 6.07) is 10.8. The Kier molecular flexibility index (Phi) is 11.0. The predicted octanol–water partition coefficient (Wildman–Crippen LogP) is 4.16. The lowest BCUT2D eigenvalue weighted by atomic mass is 9.86. The van der Waals surface area contributed by atoms with Gasteiger partial charge in [-0.05, 0) is 68.1 Å². The highest BCUT2D eigenvalue weighted by Crippen LogP contribution is 2.37. The zero-order chi connectivity index (χ0) is 29.3. The maximum Gasteiger partial charge on any atom is 0.409 e. The number of nitrogens with zero attached hydrogens (tertiary/aromatic N) is 1. The molecular weight excluding hydrogens is 517 g/mol. The van der Waals surface area contributed by atoms with Crippen molar-refractivity contribution < 1.29 is 33.7 Å². The van der Waals surface area contributed by atoms with Gasteiger partial charge in [0.2, 0.25) is 5.91 Å². The molecule has 40 heavy (non-hydrogen) atoms. The van der Waals surface area contributed by atoms with Gasteiger partial charge in [0.25, 0.3) is 0 Å². The highest BCUT2D eigenvalue weighted by molar-refractivity contribution is 5.78. The van der Waals surface area contributed by atoms with Crippen LogP contribution in [0.2, 0.25) is 0 Å². The first kappa shape index (κ1) is 31.0. The number of methoxy groups -OCH3 is 1. The van der Waals surface area contributed by atoms with Gasteiger partial charge in [-0.1, -0.05) is 43.3 Å². The molecule has 1 aliphatic rings. The van der Waals surface area contributed by atoms with Crippen LogP contribution in [0.5, 0.6) is 0 Å². The Bertz CT molecular complexity index is 1190. The summed E-state index contributed by atoms with van der Waals surface area (Å²) >= 11 is 0. The molecule has 1 heterocycles. The summed E-state index contributed by atoms with van der Waals surface area (Å²) in [4.78, 5) is 37.6. The summed E-state index contributed by atoms with van der Waals surface area (Å²) in [6.07, 6.45) is 3.04. The number of halogens is 1. The monoisotopic (exact) mass is 557 g/mol. The van der Waals surface area contributed by atoms with Crippen molar-refractivity contribution in [3.05, 3.63) is 59.4 Å². The van der Waals surface area contributed by atoms with E-state index in [4.69, 9.17) is 15.6 Å². The number of likely N-dealkylation sites (tertiary alicyclic amines) is 1. The largest absolute Gasteiger partial charge is 0.480 e. The minimum absolute atomic E-state index is 0.0740. The van der Waals surface area contributed by atoms with Gasteiger partial charge in [-0.2, -0.15) is 0 Å². The van der Waals surface area contributed by atoms with Gasteiger partial charge in [0.05, 0.1) is 7.11 Å². The van der Waals surface area contributed by atoms with Crippen LogP contribution in [0.1, 0.15) is 63.0 Å². The number of piperidine rings is 1. The van der Waals surface area contributed by atoms with E-state index in [1.165, 1.54) is 19.2 Å². The molecule has 3 unspecified atom stereocenters. The van der Waals surface area contributed by atoms with E-state index in [-0.39, 0.29) is 42.2 Å². The Hall–Kier alpha value is -3.50. The second-order valence-corrected chi connectivity index (χ2v) is 10.4. The van der Waals surface area contributed by atoms with E-state index in [1.807, 2.05) is 25.1 Å². The average molecular weight is 558 g/mol. The molecule has 0 aromatic heterocycles. The number of amides is 2. The number of rotatable bonds is 12. The number of aryl methyl sites for hydroxylation is 1. The number of carboxylic acid groups (broad SMARTS) is 1. The van der Waals surface area contributed by atoms with E-state index >= 15 is 4.39 Å². The molecule has 0 spiro atoms. The normalized spacial score (nSPS) is 17.5. The summed E-state index contributed by atoms with van der Waals surface area (Å²) in [5, 5.41) is 23.3. The molecule has 10 heteroatoms. The summed E-state index contributed by atoms with van der Waals surface area (Å²) in [7, 11) is 1.20. The lowest BCUT2D eigenvalue weighted by Gasteiger charge is -2.35. The molecule has 0 radical (unpaired) electrons. The van der Waals surface area contributed by atoms with Crippen LogP contribution in [0.4, 0.5) is 9.18 Å². The highest BCUT2D eigenvalue weighted by Gasteiger charge is 2.35. The maximum absolute atomic E-state index is 15.3. The Labute approximate surface area is 234 Å². The first-order valence-corrected chi connectivity index (χ1v) is 13.8. The number of alkyl carbamates (subject to hydrolysis) is 1. The van der Waals surface area contributed by atoms with Crippen molar-refractivity contribution in [2.45, 2.75) is 70.1 Å². The number of nitrogens with one attached hydrogen (secondary N) is 1. The number of ether oxygens (including phenoxy) is 1. The topological polar surface area (TPSA) is 142 Å². The van der Waals surface area contributed by atoms with Gasteiger partial charge in [-0.25, -0.2) is 9.18 Å². The maximum atomic E-state index is 15.3. The molecule has 2 aromatic carbocycles. The van der Waals surface area contributed by atoms with Crippen LogP contribution in [0.25, 0.3) is 11.1 Å². The van der Waals surface area contributed by atoms with Crippen LogP contribution in [-0.2, 0) is 26.5 Å². The predicted molar refractivity (Wildman–Crippen MR) is 149 cm³/mol. The summed E-state index contributed by atoms with van der Waals surface area (Å²) in [6.45, 7) is 3.13. The number of aliphatic hydroxyl groups is 1. The molecule has 3 atom stereocenters. The molecule has 1 saturated heterocycles. The zero-order valence-electron chi connectivity index (χ0n) is 23.2. The van der Waals surface area contributed by atoms with Gasteiger partial charge in [-0.15, -0.1) is 0 Å². The van der Waals surface area contributed by atoms with E-state index in [0.717, 1.165) is 24.8 Å². The fourth-order valence-electron chi connectivity index (χ4n) is 5.33. The molecule has 0 aliphatic carbocycles. The SMILES string of the molecule is CCc1cccc(-c2c(F)cccc2C(O)(CCCC2CCCN(C(=O)CCC(N)C(=O)O)C2)NC(=O)OC)c1. The van der Waals surface area contributed by atoms with Crippen LogP contribution < -0.4 is 11.1 Å². The number of benzene rings is 2. The van der Waals surface area contributed by atoms with Crippen molar-refractivity contribution in [3.63, 3.8) is 0 Å². The van der Waals surface area contributed by atoms with Gasteiger partial charge >= 0.3 is 12.1 Å². The summed E-state index contributed by atoms with van der Waals surface area (Å²) in [5.74, 6) is -1.60. The third-order valence-electron chi connectivity index (χ3n) is 7.59. The third kappa shape index (κ3) is 8.02. The first-order chi connectivity index (χ1) is 19.1. The molecule has 218 valence electrons. The van der Waals surface area contributed by atoms with Gasteiger partial charge in [-0.3, -0.25) is 14.9 Å². The standard InChI is InChI=1S/C30H40FN3O6/c1-3-20-8-4-11-22(18-20)27-23(12-5-13-24(27)31)30(39,33-29(38)40-2)16-6-9-21-10-7-17-34(19-21)26(35)15-14-25(32)28(36)37/h4-5,8,11-13,18,21,25,39H,3,6-7,9-10,14-17,19,32H2,1-2H3,(H,33,38)(H,36,37). The molecule has 1 fully saturated rings. The van der Waals surface area contributed by atoms with Crippen molar-refractivity contribution in [2.75, 3.05) is 20.2 Å². The van der Waals surface area contributed by atoms with Crippen molar-refractivity contribution >= 4 is 18.0 Å². The van der Waals surface area contributed by atoms with Gasteiger partial charge < -0.3 is 25.6 Å². The van der Waals surface area contributed by atoms with Crippen LogP contribution in [-0.4, -0.2) is 59.3 Å². The average Bonchev–Trinajstić information content (AvgIpc) is 2.95. The molecular formula is C30H40FN3O6. The number of aliphatic carboxylic acids is 1. The van der Waals surface area contributed by atoms with Crippen LogP contribution in [0, 0.1) is 11.7 Å². The minimum atomic E-state index is -1.90. The van der Waals surface area contributed by atoms with Crippen molar-refractivity contribution in [3.8, 4) is 11.1 Å². The molecule has 3 rings (SSSR count). The molecule has 0 saturated carbocycles. The van der Waals surface area contributed by atoms with E-state index in [9.17, 15) is 19.5 Å². The lowest BCUT2D eigenvalue weighted by Crippen LogP contribution is -2.46. The minimum Gasteiger partial charge on any atom is -0.480 e. The van der Waals surface area contributed by atoms with E-state index in [1.54, 1.807) is 17.0 Å². The smallest absolute Gasteiger partial charge is 0.409 e. The molecule has 2 aromatic rings. The van der Waals surface area contributed by atoms with Crippen molar-refractivity contribution in [2.24, 2.45) is 11.7 Å². The van der Waals surface area contributed by atoms with Crippen LogP contribution >= 0.6 is 0 Å². The fourth-order valence-corrected chi connectivity index (χ4v) is 5.33. The number of carbonyl (C=O) groups is 3. The Morgan fingerprint density at radius 1 is 1.25 bits per heavy atom. The number of hydrogen-bond donors (Lipinski definition) is 4. The third-order valence-corrected chi connectivity index (χ3v) is 7.59. The van der Waals surface area contributed by atoms with Gasteiger partial charge in [0.1, 0.15) is 11.9 Å². The number of hydrogen-bond acceptors (Lipinski definition) is 6. The lowest BCUT2D eigenvalue weighted by molar-refractivity contribution is -0.139. The first-order valence-electron chi connectivity index (χ1n) is 13.8. The zero-order valence-corrected chi connectivity index (χ0v) is 23.2. The molecule has 5 N–H and O–H groups in total. The summed E-state index contributed by atoms with van der Waals surface area (Å²) in [5.41, 5.74) is 5.70. The molecule has 1 aliphatic heterocycles. The van der Waals surface area contributed by atoms with E-state index < -0.39 is 29.6 Å². The number of carbonyl (C=O) groups excluding carboxylic acids is 2. The summed E-state index contributed by atoms with van der Waals surface area (Å²) < 4.78 is 20.1. The second-order valence-electron chi connectivity index (χ2n) is 10.4. The molecule has 0 bridgehead atoms. The van der Waals surface area contributed by atoms with Crippen molar-refractivity contribution in [1.29, 1.82) is 0 Å². The van der Waals surface area contributed by atoms with E-state index in [2.05, 4.69) is 5.32 Å². The fraction of sp³-hybridized carbons (Fsp3) is 0.500. The highest BCUT2D eigenvalue weighted by atomic mass is 19.1. The van der Waals surface area contributed by atoms with Gasteiger partial charge in [0, 0.05) is 30.6 Å². The number of nitrogens with two attached hydrogens (primary N) is 1. The number of carboxylic acids is 1. The Morgan fingerprint density at radius 3 is 2.70 bits per heavy atom. The van der Waals surface area contributed by atoms with Crippen LogP contribution in [0.15, 0.2) is 42.5 Å². The van der Waals surface area contributed by atoms with Crippen molar-refractivity contribution in [1.82, 2.24) is 10.2 Å². The second kappa shape index (κ2) is 14.2.